The van der Waals surface area contributed by atoms with Gasteiger partial charge in [0.15, 0.2) is 0 Å². The van der Waals surface area contributed by atoms with E-state index in [0.717, 1.165) is 5.56 Å². The third-order valence-corrected chi connectivity index (χ3v) is 4.63. The predicted octanol–water partition coefficient (Wildman–Crippen LogP) is 2.04. The minimum absolute atomic E-state index is 0.105. The molecule has 0 N–H and O–H groups in total. The molecule has 0 unspecified atom stereocenters. The Bertz CT molecular complexity index is 705. The van der Waals surface area contributed by atoms with E-state index < -0.39 is 10.0 Å². The van der Waals surface area contributed by atoms with Crippen molar-refractivity contribution in [3.05, 3.63) is 49.2 Å². The number of anilines is 1. The highest BCUT2D eigenvalue weighted by Crippen LogP contribution is 2.30. The molecule has 0 atom stereocenters. The lowest BCUT2D eigenvalue weighted by molar-refractivity contribution is 0.597. The van der Waals surface area contributed by atoms with Gasteiger partial charge in [0.05, 0.1) is 11.4 Å². The van der Waals surface area contributed by atoms with Crippen molar-refractivity contribution in [2.24, 2.45) is 7.05 Å². The number of hydrogen-bond acceptors (Lipinski definition) is 3. The van der Waals surface area contributed by atoms with Crippen LogP contribution in [0.25, 0.3) is 11.3 Å². The molecule has 20 heavy (non-hydrogen) atoms. The first kappa shape index (κ1) is 14.3. The maximum atomic E-state index is 12.1. The van der Waals surface area contributed by atoms with Gasteiger partial charge in [0, 0.05) is 25.9 Å². The fourth-order valence-corrected chi connectivity index (χ4v) is 2.87. The average Bonchev–Trinajstić information content (AvgIpc) is 2.80. The van der Waals surface area contributed by atoms with Crippen LogP contribution in [0.3, 0.4) is 0 Å². The second kappa shape index (κ2) is 5.50. The van der Waals surface area contributed by atoms with Crippen LogP contribution < -0.4 is 4.31 Å². The lowest BCUT2D eigenvalue weighted by atomic mass is 10.1. The van der Waals surface area contributed by atoms with Crippen LogP contribution in [0, 0.1) is 0 Å². The van der Waals surface area contributed by atoms with Crippen LogP contribution >= 0.6 is 0 Å². The molecule has 5 nitrogen and oxygen atoms in total. The molecular weight excluding hydrogens is 274 g/mol. The highest BCUT2D eigenvalue weighted by atomic mass is 32.2. The Hall–Kier alpha value is -2.08. The van der Waals surface area contributed by atoms with E-state index >= 15 is 0 Å². The second-order valence-electron chi connectivity index (χ2n) is 4.44. The van der Waals surface area contributed by atoms with Gasteiger partial charge in [-0.1, -0.05) is 36.4 Å². The molecule has 0 spiro atoms. The first-order valence-electron chi connectivity index (χ1n) is 6.12. The molecule has 0 fully saturated rings. The van der Waals surface area contributed by atoms with Crippen LogP contribution in [0.5, 0.6) is 0 Å². The standard InChI is InChI=1S/C14H17N3O2S/c1-4-10-20(18,19)17(3)13-11-16(2)15-14(13)12-8-6-5-7-9-12/h4-9,11H,1,10H2,2-3H3. The van der Waals surface area contributed by atoms with Crippen LogP contribution in [0.1, 0.15) is 0 Å². The summed E-state index contributed by atoms with van der Waals surface area (Å²) in [6.45, 7) is 3.48. The zero-order valence-corrected chi connectivity index (χ0v) is 12.3. The summed E-state index contributed by atoms with van der Waals surface area (Å²) in [6, 6.07) is 9.50. The lowest BCUT2D eigenvalue weighted by Gasteiger charge is -2.18. The topological polar surface area (TPSA) is 55.2 Å². The first-order chi connectivity index (χ1) is 9.45. The predicted molar refractivity (Wildman–Crippen MR) is 81.0 cm³/mol. The SMILES string of the molecule is C=CCS(=O)(=O)N(C)c1cn(C)nc1-c1ccccc1. The number of aromatic nitrogens is 2. The zero-order chi connectivity index (χ0) is 14.8. The molecule has 0 bridgehead atoms. The summed E-state index contributed by atoms with van der Waals surface area (Å²) in [5, 5.41) is 4.36. The number of rotatable bonds is 5. The number of sulfonamides is 1. The molecule has 1 aromatic heterocycles. The van der Waals surface area contributed by atoms with E-state index in [-0.39, 0.29) is 5.75 Å². The molecule has 0 saturated heterocycles. The van der Waals surface area contributed by atoms with Crippen LogP contribution in [0.15, 0.2) is 49.2 Å². The maximum absolute atomic E-state index is 12.1. The van der Waals surface area contributed by atoms with Crippen molar-refractivity contribution in [2.75, 3.05) is 17.1 Å². The molecule has 0 aliphatic carbocycles. The monoisotopic (exact) mass is 291 g/mol. The van der Waals surface area contributed by atoms with Gasteiger partial charge >= 0.3 is 0 Å². The van der Waals surface area contributed by atoms with Gasteiger partial charge in [-0.25, -0.2) is 8.42 Å². The minimum atomic E-state index is -3.42. The Balaban J connectivity index is 2.51. The summed E-state index contributed by atoms with van der Waals surface area (Å²) in [4.78, 5) is 0. The van der Waals surface area contributed by atoms with Crippen LogP contribution in [-0.4, -0.2) is 31.0 Å². The molecule has 2 aromatic rings. The Labute approximate surface area is 119 Å². The largest absolute Gasteiger partial charge is 0.273 e. The van der Waals surface area contributed by atoms with Crippen molar-refractivity contribution in [1.29, 1.82) is 0 Å². The van der Waals surface area contributed by atoms with Crippen molar-refractivity contribution in [2.45, 2.75) is 0 Å². The third-order valence-electron chi connectivity index (χ3n) is 2.94. The van der Waals surface area contributed by atoms with Gasteiger partial charge in [-0.3, -0.25) is 8.99 Å². The fourth-order valence-electron chi connectivity index (χ4n) is 1.92. The third kappa shape index (κ3) is 2.75. The van der Waals surface area contributed by atoms with Crippen LogP contribution in [0.2, 0.25) is 0 Å². The average molecular weight is 291 g/mol. The molecule has 0 aliphatic heterocycles. The van der Waals surface area contributed by atoms with E-state index in [2.05, 4.69) is 11.7 Å². The van der Waals surface area contributed by atoms with Gasteiger partial charge < -0.3 is 0 Å². The molecule has 0 aliphatic rings. The normalized spacial score (nSPS) is 11.3. The summed E-state index contributed by atoms with van der Waals surface area (Å²) < 4.78 is 27.1. The quantitative estimate of drug-likeness (QED) is 0.792. The van der Waals surface area contributed by atoms with Gasteiger partial charge in [-0.15, -0.1) is 6.58 Å². The number of aryl methyl sites for hydroxylation is 1. The van der Waals surface area contributed by atoms with E-state index in [9.17, 15) is 8.42 Å². The summed E-state index contributed by atoms with van der Waals surface area (Å²) in [5.41, 5.74) is 2.08. The van der Waals surface area contributed by atoms with Crippen molar-refractivity contribution in [1.82, 2.24) is 9.78 Å². The number of benzene rings is 1. The Morgan fingerprint density at radius 1 is 1.35 bits per heavy atom. The molecule has 1 heterocycles. The molecule has 0 radical (unpaired) electrons. The summed E-state index contributed by atoms with van der Waals surface area (Å²) in [6.07, 6.45) is 3.08. The van der Waals surface area contributed by atoms with E-state index in [1.807, 2.05) is 30.3 Å². The van der Waals surface area contributed by atoms with Crippen molar-refractivity contribution < 1.29 is 8.42 Å². The Morgan fingerprint density at radius 2 is 2.00 bits per heavy atom. The molecule has 6 heteroatoms. The van der Waals surface area contributed by atoms with Gasteiger partial charge in [-0.2, -0.15) is 5.10 Å². The molecule has 1 aromatic carbocycles. The van der Waals surface area contributed by atoms with Gasteiger partial charge in [0.2, 0.25) is 10.0 Å². The summed E-state index contributed by atoms with van der Waals surface area (Å²) >= 11 is 0. The zero-order valence-electron chi connectivity index (χ0n) is 11.5. The van der Waals surface area contributed by atoms with E-state index in [1.54, 1.807) is 17.9 Å². The molecule has 0 amide bonds. The highest BCUT2D eigenvalue weighted by Gasteiger charge is 2.22. The maximum Gasteiger partial charge on any atom is 0.238 e. The smallest absolute Gasteiger partial charge is 0.238 e. The Kier molecular flexibility index (Phi) is 3.94. The second-order valence-corrected chi connectivity index (χ2v) is 6.48. The Morgan fingerprint density at radius 3 is 2.60 bits per heavy atom. The lowest BCUT2D eigenvalue weighted by Crippen LogP contribution is -2.28. The minimum Gasteiger partial charge on any atom is -0.273 e. The van der Waals surface area contributed by atoms with E-state index in [4.69, 9.17) is 0 Å². The van der Waals surface area contributed by atoms with Gasteiger partial charge in [-0.05, 0) is 0 Å². The van der Waals surface area contributed by atoms with Crippen molar-refractivity contribution >= 4 is 15.7 Å². The molecular formula is C14H17N3O2S. The summed E-state index contributed by atoms with van der Waals surface area (Å²) in [5.74, 6) is -0.105. The molecule has 106 valence electrons. The number of hydrogen-bond donors (Lipinski definition) is 0. The summed E-state index contributed by atoms with van der Waals surface area (Å²) in [7, 11) is -0.121. The van der Waals surface area contributed by atoms with Crippen molar-refractivity contribution in [3.8, 4) is 11.3 Å². The van der Waals surface area contributed by atoms with E-state index in [0.29, 0.717) is 11.4 Å². The van der Waals surface area contributed by atoms with Gasteiger partial charge in [0.1, 0.15) is 5.69 Å². The fraction of sp³-hybridized carbons (Fsp3) is 0.214. The van der Waals surface area contributed by atoms with Crippen molar-refractivity contribution in [3.63, 3.8) is 0 Å². The molecule has 2 rings (SSSR count). The first-order valence-corrected chi connectivity index (χ1v) is 7.73. The highest BCUT2D eigenvalue weighted by molar-refractivity contribution is 7.92. The van der Waals surface area contributed by atoms with Gasteiger partial charge in [0.25, 0.3) is 0 Å². The van der Waals surface area contributed by atoms with Crippen LogP contribution in [-0.2, 0) is 17.1 Å². The van der Waals surface area contributed by atoms with Crippen LogP contribution in [0.4, 0.5) is 5.69 Å². The molecule has 0 saturated carbocycles. The number of nitrogens with zero attached hydrogens (tertiary/aromatic N) is 3. The van der Waals surface area contributed by atoms with E-state index in [1.165, 1.54) is 17.4 Å².